The van der Waals surface area contributed by atoms with Crippen molar-refractivity contribution in [2.45, 2.75) is 26.3 Å². The molecule has 0 aliphatic rings. The Morgan fingerprint density at radius 3 is 2.41 bits per heavy atom. The van der Waals surface area contributed by atoms with Crippen LogP contribution in [0.1, 0.15) is 35.2 Å². The molecule has 1 heterocycles. The first-order chi connectivity index (χ1) is 8.26. The van der Waals surface area contributed by atoms with Gasteiger partial charge in [-0.05, 0) is 46.4 Å². The molecule has 1 aromatic heterocycles. The molecule has 0 amide bonds. The average Bonchev–Trinajstić information content (AvgIpc) is 2.78. The Labute approximate surface area is 106 Å². The van der Waals surface area contributed by atoms with Gasteiger partial charge in [0.25, 0.3) is 0 Å². The standard InChI is InChI=1S/C14H18N2S/c1-3-11-4-6-12(7-5-11)14(16-15)13-9-17-8-10(13)2/h4-9,14,16H,3,15H2,1-2H3. The van der Waals surface area contributed by atoms with Gasteiger partial charge in [-0.15, -0.1) is 0 Å². The van der Waals surface area contributed by atoms with Crippen LogP contribution in [0.3, 0.4) is 0 Å². The predicted octanol–water partition coefficient (Wildman–Crippen LogP) is 3.17. The Kier molecular flexibility index (Phi) is 3.94. The van der Waals surface area contributed by atoms with Gasteiger partial charge in [-0.25, -0.2) is 5.43 Å². The maximum Gasteiger partial charge on any atom is 0.0720 e. The zero-order valence-electron chi connectivity index (χ0n) is 10.2. The van der Waals surface area contributed by atoms with Gasteiger partial charge < -0.3 is 0 Å². The van der Waals surface area contributed by atoms with Gasteiger partial charge in [0.1, 0.15) is 0 Å². The molecule has 0 saturated carbocycles. The first kappa shape index (κ1) is 12.3. The summed E-state index contributed by atoms with van der Waals surface area (Å²) in [5.74, 6) is 5.69. The third kappa shape index (κ3) is 2.57. The molecule has 3 N–H and O–H groups in total. The van der Waals surface area contributed by atoms with E-state index < -0.39 is 0 Å². The Morgan fingerprint density at radius 2 is 1.94 bits per heavy atom. The lowest BCUT2D eigenvalue weighted by molar-refractivity contribution is 0.635. The summed E-state index contributed by atoms with van der Waals surface area (Å²) in [6.07, 6.45) is 1.07. The van der Waals surface area contributed by atoms with Crippen molar-refractivity contribution in [1.82, 2.24) is 5.43 Å². The number of hydrogen-bond donors (Lipinski definition) is 2. The molecule has 0 aliphatic heterocycles. The first-order valence-electron chi connectivity index (χ1n) is 5.84. The summed E-state index contributed by atoms with van der Waals surface area (Å²) < 4.78 is 0. The van der Waals surface area contributed by atoms with Gasteiger partial charge in [0.15, 0.2) is 0 Å². The fourth-order valence-corrected chi connectivity index (χ4v) is 2.85. The van der Waals surface area contributed by atoms with Crippen LogP contribution < -0.4 is 11.3 Å². The van der Waals surface area contributed by atoms with E-state index in [9.17, 15) is 0 Å². The minimum Gasteiger partial charge on any atom is -0.271 e. The molecule has 2 aromatic rings. The Bertz CT molecular complexity index is 473. The number of nitrogens with one attached hydrogen (secondary N) is 1. The van der Waals surface area contributed by atoms with Crippen molar-refractivity contribution in [2.75, 3.05) is 0 Å². The zero-order chi connectivity index (χ0) is 12.3. The summed E-state index contributed by atoms with van der Waals surface area (Å²) >= 11 is 1.72. The van der Waals surface area contributed by atoms with E-state index in [2.05, 4.69) is 54.3 Å². The minimum absolute atomic E-state index is 0.0900. The molecule has 90 valence electrons. The van der Waals surface area contributed by atoms with Crippen molar-refractivity contribution < 1.29 is 0 Å². The molecule has 0 saturated heterocycles. The van der Waals surface area contributed by atoms with Gasteiger partial charge in [-0.2, -0.15) is 11.3 Å². The van der Waals surface area contributed by atoms with E-state index in [1.807, 2.05) is 0 Å². The van der Waals surface area contributed by atoms with E-state index in [1.54, 1.807) is 11.3 Å². The third-order valence-electron chi connectivity index (χ3n) is 3.09. The average molecular weight is 246 g/mol. The second kappa shape index (κ2) is 5.45. The lowest BCUT2D eigenvalue weighted by Crippen LogP contribution is -2.28. The molecule has 0 aliphatic carbocycles. The molecule has 1 unspecified atom stereocenters. The van der Waals surface area contributed by atoms with Crippen LogP contribution in [0.15, 0.2) is 35.0 Å². The van der Waals surface area contributed by atoms with Crippen LogP contribution in [0.5, 0.6) is 0 Å². The minimum atomic E-state index is 0.0900. The van der Waals surface area contributed by atoms with Crippen LogP contribution in [0.4, 0.5) is 0 Å². The SMILES string of the molecule is CCc1ccc(C(NN)c2cscc2C)cc1. The molecule has 0 radical (unpaired) electrons. The van der Waals surface area contributed by atoms with Crippen molar-refractivity contribution in [3.63, 3.8) is 0 Å². The van der Waals surface area contributed by atoms with E-state index in [1.165, 1.54) is 22.3 Å². The van der Waals surface area contributed by atoms with E-state index in [0.29, 0.717) is 0 Å². The molecule has 0 bridgehead atoms. The van der Waals surface area contributed by atoms with Crippen molar-refractivity contribution in [2.24, 2.45) is 5.84 Å². The van der Waals surface area contributed by atoms with Crippen LogP contribution in [0.2, 0.25) is 0 Å². The highest BCUT2D eigenvalue weighted by atomic mass is 32.1. The van der Waals surface area contributed by atoms with E-state index in [4.69, 9.17) is 5.84 Å². The number of thiophene rings is 1. The van der Waals surface area contributed by atoms with E-state index in [0.717, 1.165) is 6.42 Å². The summed E-state index contributed by atoms with van der Waals surface area (Å²) in [6, 6.07) is 8.73. The van der Waals surface area contributed by atoms with Crippen molar-refractivity contribution in [3.8, 4) is 0 Å². The van der Waals surface area contributed by atoms with Crippen molar-refractivity contribution in [1.29, 1.82) is 0 Å². The molecular weight excluding hydrogens is 228 g/mol. The Morgan fingerprint density at radius 1 is 1.24 bits per heavy atom. The molecule has 2 rings (SSSR count). The summed E-state index contributed by atoms with van der Waals surface area (Å²) in [5, 5.41) is 4.31. The zero-order valence-corrected chi connectivity index (χ0v) is 11.1. The van der Waals surface area contributed by atoms with Crippen LogP contribution in [-0.4, -0.2) is 0 Å². The number of rotatable bonds is 4. The molecule has 1 atom stereocenters. The second-order valence-electron chi connectivity index (χ2n) is 4.20. The highest BCUT2D eigenvalue weighted by Crippen LogP contribution is 2.27. The lowest BCUT2D eigenvalue weighted by atomic mass is 9.98. The van der Waals surface area contributed by atoms with Crippen molar-refractivity contribution >= 4 is 11.3 Å². The summed E-state index contributed by atoms with van der Waals surface area (Å²) in [7, 11) is 0. The largest absolute Gasteiger partial charge is 0.271 e. The second-order valence-corrected chi connectivity index (χ2v) is 4.95. The van der Waals surface area contributed by atoms with Gasteiger partial charge in [-0.3, -0.25) is 5.84 Å². The number of hydrazine groups is 1. The van der Waals surface area contributed by atoms with Crippen LogP contribution in [-0.2, 0) is 6.42 Å². The lowest BCUT2D eigenvalue weighted by Gasteiger charge is -2.17. The van der Waals surface area contributed by atoms with Gasteiger partial charge >= 0.3 is 0 Å². The third-order valence-corrected chi connectivity index (χ3v) is 3.97. The Hall–Kier alpha value is -1.16. The van der Waals surface area contributed by atoms with Crippen LogP contribution in [0.25, 0.3) is 0 Å². The number of nitrogens with two attached hydrogens (primary N) is 1. The molecule has 0 fully saturated rings. The molecule has 2 nitrogen and oxygen atoms in total. The molecular formula is C14H18N2S. The highest BCUT2D eigenvalue weighted by molar-refractivity contribution is 7.08. The normalized spacial score (nSPS) is 12.6. The maximum atomic E-state index is 5.69. The highest BCUT2D eigenvalue weighted by Gasteiger charge is 2.14. The van der Waals surface area contributed by atoms with Crippen LogP contribution in [0, 0.1) is 6.92 Å². The van der Waals surface area contributed by atoms with Gasteiger partial charge in [-0.1, -0.05) is 31.2 Å². The van der Waals surface area contributed by atoms with Gasteiger partial charge in [0, 0.05) is 0 Å². The van der Waals surface area contributed by atoms with E-state index >= 15 is 0 Å². The first-order valence-corrected chi connectivity index (χ1v) is 6.78. The molecule has 17 heavy (non-hydrogen) atoms. The topological polar surface area (TPSA) is 38.0 Å². The molecule has 0 spiro atoms. The monoisotopic (exact) mass is 246 g/mol. The summed E-state index contributed by atoms with van der Waals surface area (Å²) in [4.78, 5) is 0. The van der Waals surface area contributed by atoms with E-state index in [-0.39, 0.29) is 6.04 Å². The Balaban J connectivity index is 2.32. The quantitative estimate of drug-likeness (QED) is 0.642. The fourth-order valence-electron chi connectivity index (χ4n) is 1.98. The fraction of sp³-hybridized carbons (Fsp3) is 0.286. The van der Waals surface area contributed by atoms with Gasteiger partial charge in [0.05, 0.1) is 6.04 Å². The predicted molar refractivity (Wildman–Crippen MR) is 74.0 cm³/mol. The number of benzene rings is 1. The van der Waals surface area contributed by atoms with Crippen molar-refractivity contribution in [3.05, 3.63) is 57.3 Å². The molecule has 1 aromatic carbocycles. The summed E-state index contributed by atoms with van der Waals surface area (Å²) in [6.45, 7) is 4.29. The van der Waals surface area contributed by atoms with Gasteiger partial charge in [0.2, 0.25) is 0 Å². The number of hydrogen-bond acceptors (Lipinski definition) is 3. The number of aryl methyl sites for hydroxylation is 2. The summed E-state index contributed by atoms with van der Waals surface area (Å²) in [5.41, 5.74) is 8.03. The maximum absolute atomic E-state index is 5.69. The van der Waals surface area contributed by atoms with Crippen LogP contribution >= 0.6 is 11.3 Å². The smallest absolute Gasteiger partial charge is 0.0720 e. The molecule has 3 heteroatoms.